The first-order valence-corrected chi connectivity index (χ1v) is 4.07. The Bertz CT molecular complexity index is 516. The summed E-state index contributed by atoms with van der Waals surface area (Å²) < 4.78 is 0. The number of hydrogen-bond donors (Lipinski definition) is 3. The van der Waals surface area contributed by atoms with Gasteiger partial charge in [0.2, 0.25) is 0 Å². The molecule has 0 saturated carbocycles. The number of rotatable bonds is 1. The van der Waals surface area contributed by atoms with Gasteiger partial charge in [0.1, 0.15) is 17.2 Å². The summed E-state index contributed by atoms with van der Waals surface area (Å²) in [7, 11) is 0. The molecule has 0 bridgehead atoms. The number of nitrogens with zero attached hydrogens (tertiary/aromatic N) is 1. The van der Waals surface area contributed by atoms with Crippen LogP contribution in [0.25, 0.3) is 11.0 Å². The van der Waals surface area contributed by atoms with Gasteiger partial charge in [0.25, 0.3) is 0 Å². The van der Waals surface area contributed by atoms with Crippen LogP contribution >= 0.6 is 0 Å². The lowest BCUT2D eigenvalue weighted by Gasteiger charge is -1.92. The van der Waals surface area contributed by atoms with Crippen molar-refractivity contribution in [2.24, 2.45) is 0 Å². The molecule has 0 unspecified atom stereocenters. The van der Waals surface area contributed by atoms with Gasteiger partial charge in [-0.3, -0.25) is 0 Å². The summed E-state index contributed by atoms with van der Waals surface area (Å²) in [6.45, 7) is 1.74. The quantitative estimate of drug-likeness (QED) is 0.630. The van der Waals surface area contributed by atoms with Gasteiger partial charge in [-0.1, -0.05) is 0 Å². The van der Waals surface area contributed by atoms with Crippen LogP contribution in [0.3, 0.4) is 0 Å². The number of aromatic amines is 1. The minimum atomic E-state index is -0.987. The summed E-state index contributed by atoms with van der Waals surface area (Å²) in [6, 6.07) is 3.41. The maximum absolute atomic E-state index is 10.8. The van der Waals surface area contributed by atoms with Crippen LogP contribution in [0.15, 0.2) is 12.1 Å². The van der Waals surface area contributed by atoms with E-state index in [9.17, 15) is 4.79 Å². The number of anilines is 1. The number of fused-ring (bicyclic) bond motifs is 1. The Balaban J connectivity index is 2.79. The molecule has 0 aliphatic carbocycles. The number of aromatic nitrogens is 2. The maximum Gasteiger partial charge on any atom is 0.352 e. The van der Waals surface area contributed by atoms with Crippen LogP contribution in [0.4, 0.5) is 5.82 Å². The van der Waals surface area contributed by atoms with Gasteiger partial charge in [-0.05, 0) is 24.6 Å². The summed E-state index contributed by atoms with van der Waals surface area (Å²) >= 11 is 0. The zero-order valence-corrected chi connectivity index (χ0v) is 7.53. The monoisotopic (exact) mass is 191 g/mol. The van der Waals surface area contributed by atoms with Crippen molar-refractivity contribution in [3.63, 3.8) is 0 Å². The summed E-state index contributed by atoms with van der Waals surface area (Å²) in [5.41, 5.74) is 6.84. The topological polar surface area (TPSA) is 92.0 Å². The Kier molecular flexibility index (Phi) is 1.67. The average Bonchev–Trinajstić information content (AvgIpc) is 2.43. The van der Waals surface area contributed by atoms with Crippen LogP contribution in [0.5, 0.6) is 0 Å². The van der Waals surface area contributed by atoms with Crippen molar-refractivity contribution in [2.75, 3.05) is 5.73 Å². The van der Waals surface area contributed by atoms with Crippen molar-refractivity contribution in [3.05, 3.63) is 23.4 Å². The van der Waals surface area contributed by atoms with Crippen molar-refractivity contribution in [3.8, 4) is 0 Å². The first-order valence-electron chi connectivity index (χ1n) is 4.07. The minimum absolute atomic E-state index is 0.165. The van der Waals surface area contributed by atoms with E-state index in [1.807, 2.05) is 0 Å². The normalized spacial score (nSPS) is 10.6. The molecule has 0 fully saturated rings. The Morgan fingerprint density at radius 1 is 1.57 bits per heavy atom. The zero-order valence-electron chi connectivity index (χ0n) is 7.53. The molecule has 0 aromatic carbocycles. The van der Waals surface area contributed by atoms with E-state index >= 15 is 0 Å². The molecule has 2 aromatic rings. The number of carbonyl (C=O) groups is 1. The molecular weight excluding hydrogens is 182 g/mol. The van der Waals surface area contributed by atoms with Gasteiger partial charge in [0, 0.05) is 5.39 Å². The second kappa shape index (κ2) is 2.73. The van der Waals surface area contributed by atoms with Gasteiger partial charge >= 0.3 is 5.97 Å². The van der Waals surface area contributed by atoms with Crippen LogP contribution < -0.4 is 5.73 Å². The third-order valence-electron chi connectivity index (χ3n) is 2.15. The number of pyridine rings is 1. The number of nitrogens with two attached hydrogens (primary N) is 1. The van der Waals surface area contributed by atoms with Crippen molar-refractivity contribution in [1.29, 1.82) is 0 Å². The summed E-state index contributed by atoms with van der Waals surface area (Å²) in [6.07, 6.45) is 0. The highest BCUT2D eigenvalue weighted by molar-refractivity contribution is 5.96. The molecule has 0 aliphatic rings. The van der Waals surface area contributed by atoms with Crippen LogP contribution in [-0.4, -0.2) is 21.0 Å². The third kappa shape index (κ3) is 1.10. The predicted molar refractivity (Wildman–Crippen MR) is 52.2 cm³/mol. The average molecular weight is 191 g/mol. The SMILES string of the molecule is Cc1c(C(=O)O)[nH]c2nc(N)ccc12. The summed E-state index contributed by atoms with van der Waals surface area (Å²) in [4.78, 5) is 17.5. The lowest BCUT2D eigenvalue weighted by atomic mass is 10.2. The van der Waals surface area contributed by atoms with E-state index < -0.39 is 5.97 Å². The van der Waals surface area contributed by atoms with Crippen molar-refractivity contribution in [2.45, 2.75) is 6.92 Å². The van der Waals surface area contributed by atoms with Crippen molar-refractivity contribution >= 4 is 22.8 Å². The van der Waals surface area contributed by atoms with Crippen LogP contribution in [0, 0.1) is 6.92 Å². The van der Waals surface area contributed by atoms with E-state index in [2.05, 4.69) is 9.97 Å². The molecule has 0 saturated heterocycles. The molecule has 0 amide bonds. The number of H-pyrrole nitrogens is 1. The van der Waals surface area contributed by atoms with Crippen LogP contribution in [0.2, 0.25) is 0 Å². The second-order valence-corrected chi connectivity index (χ2v) is 3.06. The Hall–Kier alpha value is -2.04. The van der Waals surface area contributed by atoms with Gasteiger partial charge in [-0.25, -0.2) is 9.78 Å². The Morgan fingerprint density at radius 3 is 2.93 bits per heavy atom. The molecule has 4 N–H and O–H groups in total. The van der Waals surface area contributed by atoms with E-state index in [1.165, 1.54) is 0 Å². The van der Waals surface area contributed by atoms with Gasteiger partial charge in [-0.2, -0.15) is 0 Å². The highest BCUT2D eigenvalue weighted by atomic mass is 16.4. The molecule has 0 aliphatic heterocycles. The molecular formula is C9H9N3O2. The number of carboxylic acid groups (broad SMARTS) is 1. The maximum atomic E-state index is 10.8. The first kappa shape index (κ1) is 8.55. The van der Waals surface area contributed by atoms with Gasteiger partial charge in [-0.15, -0.1) is 0 Å². The van der Waals surface area contributed by atoms with E-state index in [1.54, 1.807) is 19.1 Å². The van der Waals surface area contributed by atoms with Crippen LogP contribution in [0.1, 0.15) is 16.1 Å². The summed E-state index contributed by atoms with van der Waals surface area (Å²) in [5.74, 6) is -0.616. The third-order valence-corrected chi connectivity index (χ3v) is 2.15. The zero-order chi connectivity index (χ0) is 10.3. The molecule has 2 aromatic heterocycles. The molecule has 0 radical (unpaired) electrons. The second-order valence-electron chi connectivity index (χ2n) is 3.06. The van der Waals surface area contributed by atoms with E-state index in [0.29, 0.717) is 17.0 Å². The molecule has 0 spiro atoms. The highest BCUT2D eigenvalue weighted by Gasteiger charge is 2.13. The van der Waals surface area contributed by atoms with Gasteiger partial charge in [0.15, 0.2) is 0 Å². The number of aromatic carboxylic acids is 1. The molecule has 5 nitrogen and oxygen atoms in total. The molecule has 0 atom stereocenters. The van der Waals surface area contributed by atoms with Gasteiger partial charge in [0.05, 0.1) is 0 Å². The minimum Gasteiger partial charge on any atom is -0.477 e. The van der Waals surface area contributed by atoms with Gasteiger partial charge < -0.3 is 15.8 Å². The molecule has 14 heavy (non-hydrogen) atoms. The van der Waals surface area contributed by atoms with Crippen molar-refractivity contribution in [1.82, 2.24) is 9.97 Å². The first-order chi connectivity index (χ1) is 6.59. The fourth-order valence-corrected chi connectivity index (χ4v) is 1.43. The lowest BCUT2D eigenvalue weighted by molar-refractivity contribution is 0.0690. The predicted octanol–water partition coefficient (Wildman–Crippen LogP) is 1.15. The van der Waals surface area contributed by atoms with E-state index in [4.69, 9.17) is 10.8 Å². The Morgan fingerprint density at radius 2 is 2.29 bits per heavy atom. The number of aryl methyl sites for hydroxylation is 1. The standard InChI is InChI=1S/C9H9N3O2/c1-4-5-2-3-6(10)11-8(5)12-7(4)9(13)14/h2-3H,1H3,(H,13,14)(H3,10,11,12). The number of nitrogen functional groups attached to an aromatic ring is 1. The molecule has 2 rings (SSSR count). The number of carboxylic acids is 1. The van der Waals surface area contributed by atoms with Crippen LogP contribution in [-0.2, 0) is 0 Å². The molecule has 2 heterocycles. The largest absolute Gasteiger partial charge is 0.477 e. The van der Waals surface area contributed by atoms with E-state index in [-0.39, 0.29) is 5.69 Å². The Labute approximate surface area is 79.6 Å². The highest BCUT2D eigenvalue weighted by Crippen LogP contribution is 2.20. The molecule has 72 valence electrons. The smallest absolute Gasteiger partial charge is 0.352 e. The fourth-order valence-electron chi connectivity index (χ4n) is 1.43. The molecule has 5 heteroatoms. The fraction of sp³-hybridized carbons (Fsp3) is 0.111. The lowest BCUT2D eigenvalue weighted by Crippen LogP contribution is -1.98. The number of nitrogens with one attached hydrogen (secondary N) is 1. The van der Waals surface area contributed by atoms with E-state index in [0.717, 1.165) is 5.39 Å². The number of hydrogen-bond acceptors (Lipinski definition) is 3. The van der Waals surface area contributed by atoms with Crippen molar-refractivity contribution < 1.29 is 9.90 Å². The summed E-state index contributed by atoms with van der Waals surface area (Å²) in [5, 5.41) is 9.63.